The van der Waals surface area contributed by atoms with Gasteiger partial charge in [0.15, 0.2) is 0 Å². The minimum absolute atomic E-state index is 0.106. The van der Waals surface area contributed by atoms with E-state index in [2.05, 4.69) is 5.32 Å². The van der Waals surface area contributed by atoms with E-state index in [1.165, 1.54) is 16.4 Å². The summed E-state index contributed by atoms with van der Waals surface area (Å²) < 4.78 is 33.5. The summed E-state index contributed by atoms with van der Waals surface area (Å²) in [5.74, 6) is -0.351. The molecule has 0 unspecified atom stereocenters. The molecular formula is C26H28N2O4S. The fourth-order valence-corrected chi connectivity index (χ4v) is 5.72. The van der Waals surface area contributed by atoms with E-state index in [0.29, 0.717) is 17.7 Å². The maximum absolute atomic E-state index is 13.2. The number of benzene rings is 3. The van der Waals surface area contributed by atoms with Gasteiger partial charge in [0.1, 0.15) is 0 Å². The van der Waals surface area contributed by atoms with Gasteiger partial charge in [0.05, 0.1) is 17.1 Å². The second-order valence-electron chi connectivity index (χ2n) is 8.38. The summed E-state index contributed by atoms with van der Waals surface area (Å²) in [6.45, 7) is 4.29. The molecule has 1 heterocycles. The Hall–Kier alpha value is -3.00. The first-order chi connectivity index (χ1) is 15.8. The van der Waals surface area contributed by atoms with Gasteiger partial charge in [0.25, 0.3) is 5.91 Å². The van der Waals surface area contributed by atoms with Crippen molar-refractivity contribution in [1.29, 1.82) is 0 Å². The van der Waals surface area contributed by atoms with Crippen molar-refractivity contribution in [3.63, 3.8) is 0 Å². The number of sulfonamides is 1. The highest BCUT2D eigenvalue weighted by atomic mass is 32.2. The van der Waals surface area contributed by atoms with Gasteiger partial charge in [-0.1, -0.05) is 54.6 Å². The van der Waals surface area contributed by atoms with Gasteiger partial charge in [-0.25, -0.2) is 8.42 Å². The van der Waals surface area contributed by atoms with Crippen LogP contribution in [-0.4, -0.2) is 43.9 Å². The van der Waals surface area contributed by atoms with E-state index in [-0.39, 0.29) is 36.1 Å². The Morgan fingerprint density at radius 3 is 2.33 bits per heavy atom. The molecule has 33 heavy (non-hydrogen) atoms. The summed E-state index contributed by atoms with van der Waals surface area (Å²) in [5.41, 5.74) is 3.12. The zero-order valence-corrected chi connectivity index (χ0v) is 19.6. The Morgan fingerprint density at radius 1 is 0.939 bits per heavy atom. The lowest BCUT2D eigenvalue weighted by Gasteiger charge is -2.34. The van der Waals surface area contributed by atoms with E-state index < -0.39 is 10.0 Å². The summed E-state index contributed by atoms with van der Waals surface area (Å²) in [4.78, 5) is 13.1. The van der Waals surface area contributed by atoms with E-state index in [9.17, 15) is 13.2 Å². The molecule has 0 spiro atoms. The zero-order chi connectivity index (χ0) is 23.4. The van der Waals surface area contributed by atoms with Crippen LogP contribution in [0.5, 0.6) is 0 Å². The molecule has 172 valence electrons. The number of anilines is 1. The second kappa shape index (κ2) is 9.87. The number of carbonyl (C=O) groups excluding carboxylic acids is 1. The lowest BCUT2D eigenvalue weighted by atomic mass is 10.0. The minimum Gasteiger partial charge on any atom is -0.373 e. The van der Waals surface area contributed by atoms with Gasteiger partial charge in [-0.2, -0.15) is 4.31 Å². The van der Waals surface area contributed by atoms with Crippen molar-refractivity contribution in [2.45, 2.75) is 37.4 Å². The Bertz CT molecular complexity index is 1220. The quantitative estimate of drug-likeness (QED) is 0.589. The van der Waals surface area contributed by atoms with Crippen LogP contribution in [0.25, 0.3) is 0 Å². The summed E-state index contributed by atoms with van der Waals surface area (Å²) in [6.07, 6.45) is 0.311. The molecule has 0 aromatic heterocycles. The maximum atomic E-state index is 13.2. The first-order valence-corrected chi connectivity index (χ1v) is 12.5. The van der Waals surface area contributed by atoms with E-state index in [1.54, 1.807) is 12.1 Å². The highest BCUT2D eigenvalue weighted by Gasteiger charge is 2.32. The zero-order valence-electron chi connectivity index (χ0n) is 18.8. The SMILES string of the molecule is C[C@@H]1CN(S(=O)(=O)c2cccc(C(=O)Nc3ccccc3Cc3ccccc3)c2)C[C@@H](C)O1. The van der Waals surface area contributed by atoms with Crippen LogP contribution in [0.1, 0.15) is 35.3 Å². The predicted octanol–water partition coefficient (Wildman–Crippen LogP) is 4.33. The van der Waals surface area contributed by atoms with Crippen molar-refractivity contribution >= 4 is 21.6 Å². The number of hydrogen-bond donors (Lipinski definition) is 1. The minimum atomic E-state index is -3.73. The standard InChI is InChI=1S/C26H28N2O4S/c1-19-17-28(18-20(2)32-19)33(30,31)24-13-8-12-23(16-24)26(29)27-25-14-7-6-11-22(25)15-21-9-4-3-5-10-21/h3-14,16,19-20H,15,17-18H2,1-2H3,(H,27,29)/t19-,20-/m1/s1. The van der Waals surface area contributed by atoms with E-state index in [1.807, 2.05) is 68.4 Å². The smallest absolute Gasteiger partial charge is 0.255 e. The Morgan fingerprint density at radius 2 is 1.61 bits per heavy atom. The van der Waals surface area contributed by atoms with Gasteiger partial charge in [0.2, 0.25) is 10.0 Å². The van der Waals surface area contributed by atoms with E-state index in [4.69, 9.17) is 4.74 Å². The Kier molecular flexibility index (Phi) is 6.93. The highest BCUT2D eigenvalue weighted by molar-refractivity contribution is 7.89. The molecule has 7 heteroatoms. The molecule has 1 aliphatic heterocycles. The molecule has 0 aliphatic carbocycles. The molecule has 4 rings (SSSR count). The van der Waals surface area contributed by atoms with Gasteiger partial charge in [-0.3, -0.25) is 4.79 Å². The molecule has 1 N–H and O–H groups in total. The van der Waals surface area contributed by atoms with Crippen molar-refractivity contribution in [3.8, 4) is 0 Å². The summed E-state index contributed by atoms with van der Waals surface area (Å²) in [5, 5.41) is 2.95. The normalized spacial score (nSPS) is 19.2. The molecule has 1 saturated heterocycles. The number of para-hydroxylation sites is 1. The van der Waals surface area contributed by atoms with Crippen LogP contribution in [0.3, 0.4) is 0 Å². The number of ether oxygens (including phenoxy) is 1. The number of carbonyl (C=O) groups is 1. The third kappa shape index (κ3) is 5.50. The average Bonchev–Trinajstić information content (AvgIpc) is 2.80. The van der Waals surface area contributed by atoms with Crippen LogP contribution in [0.2, 0.25) is 0 Å². The fourth-order valence-electron chi connectivity index (χ4n) is 4.08. The molecular weight excluding hydrogens is 436 g/mol. The topological polar surface area (TPSA) is 75.7 Å². The number of rotatable bonds is 6. The monoisotopic (exact) mass is 464 g/mol. The molecule has 3 aromatic rings. The van der Waals surface area contributed by atoms with Gasteiger partial charge in [-0.05, 0) is 55.7 Å². The Balaban J connectivity index is 1.54. The van der Waals surface area contributed by atoms with Crippen molar-refractivity contribution < 1.29 is 17.9 Å². The number of hydrogen-bond acceptors (Lipinski definition) is 4. The first kappa shape index (κ1) is 23.2. The van der Waals surface area contributed by atoms with E-state index in [0.717, 1.165) is 11.1 Å². The van der Waals surface area contributed by atoms with Gasteiger partial charge < -0.3 is 10.1 Å². The lowest BCUT2D eigenvalue weighted by molar-refractivity contribution is -0.0440. The molecule has 0 bridgehead atoms. The summed E-state index contributed by atoms with van der Waals surface area (Å²) >= 11 is 0. The molecule has 0 radical (unpaired) electrons. The Labute approximate surface area is 195 Å². The van der Waals surface area contributed by atoms with Crippen LogP contribution < -0.4 is 5.32 Å². The second-order valence-corrected chi connectivity index (χ2v) is 10.3. The van der Waals surface area contributed by atoms with Crippen LogP contribution in [-0.2, 0) is 21.2 Å². The largest absolute Gasteiger partial charge is 0.373 e. The average molecular weight is 465 g/mol. The van der Waals surface area contributed by atoms with Gasteiger partial charge in [0, 0.05) is 24.3 Å². The van der Waals surface area contributed by atoms with E-state index >= 15 is 0 Å². The number of amides is 1. The predicted molar refractivity (Wildman–Crippen MR) is 129 cm³/mol. The molecule has 6 nitrogen and oxygen atoms in total. The van der Waals surface area contributed by atoms with Crippen molar-refractivity contribution in [2.24, 2.45) is 0 Å². The van der Waals surface area contributed by atoms with Crippen LogP contribution in [0.4, 0.5) is 5.69 Å². The summed E-state index contributed by atoms with van der Waals surface area (Å²) in [7, 11) is -3.73. The number of morpholine rings is 1. The molecule has 3 aromatic carbocycles. The van der Waals surface area contributed by atoms with Crippen molar-refractivity contribution in [2.75, 3.05) is 18.4 Å². The van der Waals surface area contributed by atoms with Crippen LogP contribution in [0.15, 0.2) is 83.8 Å². The van der Waals surface area contributed by atoms with Crippen LogP contribution in [0, 0.1) is 0 Å². The fraction of sp³-hybridized carbons (Fsp3) is 0.269. The van der Waals surface area contributed by atoms with Gasteiger partial charge >= 0.3 is 0 Å². The molecule has 1 amide bonds. The number of nitrogens with zero attached hydrogens (tertiary/aromatic N) is 1. The first-order valence-electron chi connectivity index (χ1n) is 11.0. The molecule has 2 atom stereocenters. The third-order valence-corrected chi connectivity index (χ3v) is 7.45. The van der Waals surface area contributed by atoms with Crippen LogP contribution >= 0.6 is 0 Å². The number of nitrogens with one attached hydrogen (secondary N) is 1. The third-order valence-electron chi connectivity index (χ3n) is 5.62. The molecule has 1 fully saturated rings. The highest BCUT2D eigenvalue weighted by Crippen LogP contribution is 2.24. The molecule has 1 aliphatic rings. The maximum Gasteiger partial charge on any atom is 0.255 e. The van der Waals surface area contributed by atoms with Crippen molar-refractivity contribution in [1.82, 2.24) is 4.31 Å². The lowest BCUT2D eigenvalue weighted by Crippen LogP contribution is -2.48. The van der Waals surface area contributed by atoms with Crippen molar-refractivity contribution in [3.05, 3.63) is 95.6 Å². The van der Waals surface area contributed by atoms with Gasteiger partial charge in [-0.15, -0.1) is 0 Å². The molecule has 0 saturated carbocycles. The summed E-state index contributed by atoms with van der Waals surface area (Å²) in [6, 6.07) is 23.8.